The minimum atomic E-state index is -1.13. The van der Waals surface area contributed by atoms with Crippen molar-refractivity contribution in [3.05, 3.63) is 61.7 Å². The molecular weight excluding hydrogens is 658 g/mol. The van der Waals surface area contributed by atoms with Crippen molar-refractivity contribution in [1.29, 1.82) is 0 Å². The average Bonchev–Trinajstić information content (AvgIpc) is 3.79. The highest BCUT2D eigenvalue weighted by atomic mass is 16.6. The van der Waals surface area contributed by atoms with E-state index in [-0.39, 0.29) is 54.8 Å². The number of rotatable bonds is 13. The van der Waals surface area contributed by atoms with Gasteiger partial charge in [0.05, 0.1) is 37.9 Å². The predicted molar refractivity (Wildman–Crippen MR) is 174 cm³/mol. The van der Waals surface area contributed by atoms with E-state index >= 15 is 0 Å². The van der Waals surface area contributed by atoms with Crippen LogP contribution in [0.2, 0.25) is 0 Å². The first-order valence-electron chi connectivity index (χ1n) is 16.3. The third kappa shape index (κ3) is 7.59. The fourth-order valence-corrected chi connectivity index (χ4v) is 5.94. The molecule has 0 saturated carbocycles. The molecule has 1 unspecified atom stereocenters. The van der Waals surface area contributed by atoms with Gasteiger partial charge in [0, 0.05) is 51.1 Å². The van der Waals surface area contributed by atoms with Crippen LogP contribution in [0.25, 0.3) is 11.2 Å². The highest BCUT2D eigenvalue weighted by Crippen LogP contribution is 2.34. The van der Waals surface area contributed by atoms with E-state index in [1.54, 1.807) is 24.7 Å². The molecule has 1 amide bonds. The number of ether oxygens (including phenoxy) is 4. The van der Waals surface area contributed by atoms with Gasteiger partial charge >= 0.3 is 5.69 Å². The largest absolute Gasteiger partial charge is 0.387 e. The summed E-state index contributed by atoms with van der Waals surface area (Å²) in [6.45, 7) is 7.33. The second-order valence-corrected chi connectivity index (χ2v) is 12.5. The Morgan fingerprint density at radius 2 is 1.98 bits per heavy atom. The molecule has 50 heavy (non-hydrogen) atoms. The van der Waals surface area contributed by atoms with Gasteiger partial charge < -0.3 is 24.1 Å². The lowest BCUT2D eigenvalue weighted by Crippen LogP contribution is -2.47. The van der Waals surface area contributed by atoms with Gasteiger partial charge in [-0.15, -0.1) is 5.10 Å². The van der Waals surface area contributed by atoms with Crippen molar-refractivity contribution in [2.24, 2.45) is 5.92 Å². The number of nitrogens with zero attached hydrogens (tertiary/aromatic N) is 8. The van der Waals surface area contributed by atoms with E-state index in [0.29, 0.717) is 31.7 Å². The fourth-order valence-electron chi connectivity index (χ4n) is 5.94. The lowest BCUT2D eigenvalue weighted by atomic mass is 10.1. The van der Waals surface area contributed by atoms with Crippen molar-refractivity contribution in [1.82, 2.24) is 49.0 Å². The number of carbonyl (C=O) groups is 1. The van der Waals surface area contributed by atoms with Gasteiger partial charge in [-0.1, -0.05) is 26.0 Å². The number of nitrogens with one attached hydrogen (secondary N) is 3. The summed E-state index contributed by atoms with van der Waals surface area (Å²) in [7, 11) is 1.53. The van der Waals surface area contributed by atoms with Crippen molar-refractivity contribution in [3.8, 4) is 0 Å². The van der Waals surface area contributed by atoms with Gasteiger partial charge in [-0.25, -0.2) is 14.5 Å². The number of aromatic nitrogens is 9. The molecular formula is C30H41N11O9. The number of aromatic amines is 2. The number of carbonyl (C=O) groups excluding carboxylic acids is 1. The van der Waals surface area contributed by atoms with Gasteiger partial charge in [-0.2, -0.15) is 4.98 Å². The van der Waals surface area contributed by atoms with Crippen LogP contribution in [0.4, 0.5) is 5.95 Å². The van der Waals surface area contributed by atoms with Gasteiger partial charge in [-0.3, -0.25) is 43.7 Å². The molecule has 0 aliphatic carbocycles. The van der Waals surface area contributed by atoms with E-state index in [1.165, 1.54) is 34.8 Å². The van der Waals surface area contributed by atoms with E-state index in [0.717, 1.165) is 0 Å². The number of aliphatic hydroxyl groups excluding tert-OH is 1. The number of morpholine rings is 1. The molecule has 20 nitrogen and oxygen atoms in total. The quantitative estimate of drug-likeness (QED) is 0.122. The molecule has 0 aromatic carbocycles. The van der Waals surface area contributed by atoms with Crippen molar-refractivity contribution in [2.45, 2.75) is 77.2 Å². The average molecular weight is 700 g/mol. The number of anilines is 1. The van der Waals surface area contributed by atoms with Crippen LogP contribution < -0.4 is 22.1 Å². The molecule has 2 aliphatic rings. The van der Waals surface area contributed by atoms with Crippen LogP contribution in [-0.4, -0.2) is 118 Å². The molecule has 270 valence electrons. The van der Waals surface area contributed by atoms with Crippen molar-refractivity contribution < 1.29 is 28.8 Å². The molecule has 2 aliphatic heterocycles. The molecule has 6 rings (SSSR count). The van der Waals surface area contributed by atoms with Gasteiger partial charge in [-0.05, 0) is 6.42 Å². The lowest BCUT2D eigenvalue weighted by Gasteiger charge is -2.37. The number of methoxy groups -OCH3 is 1. The Balaban J connectivity index is 1.19. The number of hydrogen-bond donors (Lipinski definition) is 4. The summed E-state index contributed by atoms with van der Waals surface area (Å²) in [5.41, 5.74) is -0.792. The number of amides is 1. The number of fused-ring (bicyclic) bond motifs is 1. The third-order valence-electron chi connectivity index (χ3n) is 8.56. The molecule has 4 aromatic rings. The van der Waals surface area contributed by atoms with Crippen LogP contribution in [0.5, 0.6) is 0 Å². The van der Waals surface area contributed by atoms with Crippen LogP contribution in [0, 0.1) is 5.92 Å². The van der Waals surface area contributed by atoms with E-state index in [4.69, 9.17) is 18.9 Å². The number of imidazole rings is 1. The standard InChI is InChI=1S/C30H41N11O9/c1-5-18-12-38(14-21(49-18)40-7-6-20(42)32-30(40)46)10-17-11-39(37-36-17)13-19-23(43)24(48-9-8-47-4)28(50-19)41-15-31-22-25(41)33-29(35-27(22)45)34-26(44)16(2)3/h6-7,11,15-16,18-19,21,23-24,28,43H,5,8-10,12-14H2,1-4H3,(H,32,42,46)(H2,33,34,35,44,45)/t18-,19-,21-,23+,24?,28-/m1/s1. The first-order chi connectivity index (χ1) is 24.0. The molecule has 6 atom stereocenters. The smallest absolute Gasteiger partial charge is 0.330 e. The minimum Gasteiger partial charge on any atom is -0.387 e. The van der Waals surface area contributed by atoms with Crippen molar-refractivity contribution in [2.75, 3.05) is 38.7 Å². The predicted octanol–water partition coefficient (Wildman–Crippen LogP) is -1.04. The third-order valence-corrected chi connectivity index (χ3v) is 8.56. The molecule has 4 N–H and O–H groups in total. The van der Waals surface area contributed by atoms with E-state index < -0.39 is 47.6 Å². The minimum absolute atomic E-state index is 0.0201. The van der Waals surface area contributed by atoms with Crippen LogP contribution in [0.3, 0.4) is 0 Å². The molecule has 2 saturated heterocycles. The lowest BCUT2D eigenvalue weighted by molar-refractivity contribution is -0.125. The number of H-pyrrole nitrogens is 2. The Kier molecular flexibility index (Phi) is 10.6. The molecule has 20 heteroatoms. The van der Waals surface area contributed by atoms with Crippen LogP contribution in [0.15, 0.2) is 39.2 Å². The van der Waals surface area contributed by atoms with Gasteiger partial charge in [0.2, 0.25) is 11.9 Å². The highest BCUT2D eigenvalue weighted by molar-refractivity contribution is 5.91. The van der Waals surface area contributed by atoms with Gasteiger partial charge in [0.1, 0.15) is 18.3 Å². The maximum atomic E-state index is 12.8. The zero-order valence-corrected chi connectivity index (χ0v) is 28.1. The second kappa shape index (κ2) is 15.1. The van der Waals surface area contributed by atoms with E-state index in [2.05, 4.69) is 40.5 Å². The monoisotopic (exact) mass is 699 g/mol. The number of aliphatic hydroxyl groups is 1. The molecule has 0 bridgehead atoms. The Bertz CT molecular complexity index is 1970. The zero-order chi connectivity index (χ0) is 35.5. The summed E-state index contributed by atoms with van der Waals surface area (Å²) in [6.07, 6.45) is 0.713. The first kappa shape index (κ1) is 35.2. The number of hydrogen-bond acceptors (Lipinski definition) is 14. The molecule has 6 heterocycles. The zero-order valence-electron chi connectivity index (χ0n) is 28.1. The van der Waals surface area contributed by atoms with E-state index in [9.17, 15) is 24.3 Å². The maximum absolute atomic E-state index is 12.8. The molecule has 2 fully saturated rings. The summed E-state index contributed by atoms with van der Waals surface area (Å²) in [4.78, 5) is 64.7. The Morgan fingerprint density at radius 3 is 2.72 bits per heavy atom. The summed E-state index contributed by atoms with van der Waals surface area (Å²) >= 11 is 0. The Morgan fingerprint density at radius 1 is 1.16 bits per heavy atom. The van der Waals surface area contributed by atoms with Crippen LogP contribution in [0.1, 0.15) is 45.3 Å². The highest BCUT2D eigenvalue weighted by Gasteiger charge is 2.46. The fraction of sp³-hybridized carbons (Fsp3) is 0.600. The Labute approximate surface area is 284 Å². The second-order valence-electron chi connectivity index (χ2n) is 12.5. The van der Waals surface area contributed by atoms with Gasteiger partial charge in [0.25, 0.3) is 11.1 Å². The summed E-state index contributed by atoms with van der Waals surface area (Å²) in [5, 5.41) is 22.6. The van der Waals surface area contributed by atoms with E-state index in [1.807, 2.05) is 6.92 Å². The molecule has 4 aromatic heterocycles. The normalized spacial score (nSPS) is 24.4. The first-order valence-corrected chi connectivity index (χ1v) is 16.3. The maximum Gasteiger partial charge on any atom is 0.330 e. The summed E-state index contributed by atoms with van der Waals surface area (Å²) < 4.78 is 28.0. The topological polar surface area (TPSA) is 239 Å². The van der Waals surface area contributed by atoms with Crippen molar-refractivity contribution >= 4 is 23.0 Å². The molecule has 0 spiro atoms. The SMILES string of the molecule is CC[C@@H]1CN(Cc2cn(C[C@H]3O[C@@H](n4cnc5c(=O)[nH]c(NC(=O)C(C)C)nc54)C(OCCOC)[C@H]3O)nn2)C[C@H](n2ccc(=O)[nH]c2=O)O1. The summed E-state index contributed by atoms with van der Waals surface area (Å²) in [6, 6.07) is 1.28. The Hall–Kier alpha value is -4.60. The van der Waals surface area contributed by atoms with Crippen LogP contribution >= 0.6 is 0 Å². The molecule has 0 radical (unpaired) electrons. The van der Waals surface area contributed by atoms with Crippen LogP contribution in [-0.2, 0) is 36.8 Å². The van der Waals surface area contributed by atoms with Gasteiger partial charge in [0.15, 0.2) is 23.6 Å². The summed E-state index contributed by atoms with van der Waals surface area (Å²) in [5.74, 6) is -0.729. The van der Waals surface area contributed by atoms with Crippen molar-refractivity contribution in [3.63, 3.8) is 0 Å².